The summed E-state index contributed by atoms with van der Waals surface area (Å²) >= 11 is 1.20. The van der Waals surface area contributed by atoms with Crippen molar-refractivity contribution in [1.82, 2.24) is 4.90 Å². The summed E-state index contributed by atoms with van der Waals surface area (Å²) in [5, 5.41) is 21.0. The van der Waals surface area contributed by atoms with E-state index in [4.69, 9.17) is 15.0 Å². The Balaban J connectivity index is 1.88. The predicted molar refractivity (Wildman–Crippen MR) is 144 cm³/mol. The number of aliphatic hydroxyl groups is 1. The fourth-order valence-corrected chi connectivity index (χ4v) is 5.28. The van der Waals surface area contributed by atoms with Gasteiger partial charge >= 0.3 is 6.18 Å². The molecule has 0 bridgehead atoms. The van der Waals surface area contributed by atoms with Crippen LogP contribution in [0.25, 0.3) is 10.1 Å². The summed E-state index contributed by atoms with van der Waals surface area (Å²) in [6, 6.07) is 9.18. The van der Waals surface area contributed by atoms with E-state index in [0.29, 0.717) is 27.2 Å². The molecule has 0 saturated carbocycles. The van der Waals surface area contributed by atoms with Gasteiger partial charge in [0.15, 0.2) is 0 Å². The Morgan fingerprint density at radius 1 is 1.16 bits per heavy atom. The number of fused-ring (bicyclic) bond motifs is 1. The molecule has 38 heavy (non-hydrogen) atoms. The number of thiophene rings is 1. The lowest BCUT2D eigenvalue weighted by Crippen LogP contribution is -2.20. The van der Waals surface area contributed by atoms with E-state index in [2.05, 4.69) is 22.5 Å². The third-order valence-corrected chi connectivity index (χ3v) is 7.38. The fourth-order valence-electron chi connectivity index (χ4n) is 3.57. The molecule has 0 unspecified atom stereocenters. The van der Waals surface area contributed by atoms with Crippen molar-refractivity contribution in [3.05, 3.63) is 46.8 Å². The van der Waals surface area contributed by atoms with E-state index in [1.165, 1.54) is 29.5 Å². The molecule has 13 heteroatoms. The van der Waals surface area contributed by atoms with Gasteiger partial charge in [-0.2, -0.15) is 13.2 Å². The second-order valence-electron chi connectivity index (χ2n) is 8.54. The van der Waals surface area contributed by atoms with Crippen LogP contribution in [0.2, 0.25) is 0 Å². The van der Waals surface area contributed by atoms with Crippen LogP contribution in [0.4, 0.5) is 24.5 Å². The number of rotatable bonds is 11. The number of likely N-dealkylation sites (N-methyl/N-ethyl adjacent to an activating group) is 1. The summed E-state index contributed by atoms with van der Waals surface area (Å²) in [4.78, 5) is 2.16. The molecule has 0 saturated heterocycles. The monoisotopic (exact) mass is 570 g/mol. The minimum atomic E-state index is -4.40. The number of sulfonamides is 1. The second-order valence-corrected chi connectivity index (χ2v) is 11.1. The number of anilines is 2. The minimum Gasteiger partial charge on any atom is -0.489 e. The first-order chi connectivity index (χ1) is 17.9. The molecule has 0 amide bonds. The number of nitrogens with one attached hydrogen (secondary N) is 2. The van der Waals surface area contributed by atoms with Gasteiger partial charge in [-0.1, -0.05) is 24.0 Å². The Labute approximate surface area is 223 Å². The number of hydrogen-bond donors (Lipinski definition) is 4. The first-order valence-corrected chi connectivity index (χ1v) is 13.9. The van der Waals surface area contributed by atoms with Crippen LogP contribution in [0.5, 0.6) is 5.75 Å². The van der Waals surface area contributed by atoms with Gasteiger partial charge in [0.2, 0.25) is 10.0 Å². The zero-order valence-electron chi connectivity index (χ0n) is 20.9. The third-order valence-electron chi connectivity index (χ3n) is 5.27. The number of hydrogen-bond acceptors (Lipinski definition) is 8. The maximum atomic E-state index is 13.4. The molecule has 0 spiro atoms. The Bertz CT molecular complexity index is 1430. The SMILES string of the molecule is CN(C)CCNc1cccc2c(CC(F)(F)F)c(C#CCNc3ccc(S(N)(=O)=O)cc3OCCO)sc12. The maximum Gasteiger partial charge on any atom is 0.393 e. The summed E-state index contributed by atoms with van der Waals surface area (Å²) in [6.45, 7) is 1.06. The molecular formula is C25H29F3N4O4S2. The summed E-state index contributed by atoms with van der Waals surface area (Å²) < 4.78 is 69.7. The molecule has 0 aliphatic heterocycles. The van der Waals surface area contributed by atoms with Crippen LogP contribution in [-0.2, 0) is 16.4 Å². The van der Waals surface area contributed by atoms with E-state index in [1.54, 1.807) is 12.1 Å². The number of primary sulfonamides is 1. The highest BCUT2D eigenvalue weighted by molar-refractivity contribution is 7.89. The average molecular weight is 571 g/mol. The number of aliphatic hydroxyl groups excluding tert-OH is 1. The van der Waals surface area contributed by atoms with Crippen molar-refractivity contribution >= 4 is 42.8 Å². The lowest BCUT2D eigenvalue weighted by molar-refractivity contribution is -0.126. The molecule has 206 valence electrons. The maximum absolute atomic E-state index is 13.4. The van der Waals surface area contributed by atoms with E-state index in [-0.39, 0.29) is 36.0 Å². The highest BCUT2D eigenvalue weighted by atomic mass is 32.2. The Kier molecular flexibility index (Phi) is 9.86. The third kappa shape index (κ3) is 8.24. The molecule has 1 aromatic heterocycles. The van der Waals surface area contributed by atoms with Crippen LogP contribution < -0.4 is 20.5 Å². The number of halogens is 3. The molecule has 0 fully saturated rings. The standard InChI is InChI=1S/C25H29F3N4O4S2/c1-32(2)12-11-31-21-6-3-5-18-19(16-25(26,27)28)23(37-24(18)21)7-4-10-30-20-9-8-17(38(29,34)35)15-22(20)36-14-13-33/h3,5-6,8-9,15,30-31,33H,10-14,16H2,1-2H3,(H2,29,34,35). The van der Waals surface area contributed by atoms with Crippen LogP contribution in [-0.4, -0.2) is 71.5 Å². The van der Waals surface area contributed by atoms with E-state index in [1.807, 2.05) is 25.1 Å². The van der Waals surface area contributed by atoms with Crippen LogP contribution in [0, 0.1) is 11.8 Å². The van der Waals surface area contributed by atoms with Gasteiger partial charge in [-0.15, -0.1) is 11.3 Å². The van der Waals surface area contributed by atoms with Gasteiger partial charge in [0.25, 0.3) is 0 Å². The van der Waals surface area contributed by atoms with Gasteiger partial charge in [0.1, 0.15) is 12.4 Å². The Hall–Kier alpha value is -3.02. The predicted octanol–water partition coefficient (Wildman–Crippen LogP) is 3.46. The van der Waals surface area contributed by atoms with Crippen molar-refractivity contribution in [3.63, 3.8) is 0 Å². The second kappa shape index (κ2) is 12.7. The topological polar surface area (TPSA) is 117 Å². The van der Waals surface area contributed by atoms with Gasteiger partial charge in [-0.3, -0.25) is 0 Å². The van der Waals surface area contributed by atoms with Gasteiger partial charge in [-0.05, 0) is 43.2 Å². The zero-order chi connectivity index (χ0) is 27.9. The van der Waals surface area contributed by atoms with Crippen LogP contribution in [0.1, 0.15) is 10.4 Å². The summed E-state index contributed by atoms with van der Waals surface area (Å²) in [6.07, 6.45) is -5.50. The molecule has 1 heterocycles. The molecule has 0 radical (unpaired) electrons. The molecule has 3 rings (SSSR count). The van der Waals surface area contributed by atoms with Gasteiger partial charge in [0, 0.05) is 19.2 Å². The molecule has 0 atom stereocenters. The zero-order valence-corrected chi connectivity index (χ0v) is 22.5. The summed E-state index contributed by atoms with van der Waals surface area (Å²) in [7, 11) is -0.0966. The molecule has 0 aliphatic carbocycles. The van der Waals surface area contributed by atoms with Gasteiger partial charge in [-0.25, -0.2) is 13.6 Å². The molecule has 0 aliphatic rings. The lowest BCUT2D eigenvalue weighted by atomic mass is 10.1. The Morgan fingerprint density at radius 3 is 2.58 bits per heavy atom. The average Bonchev–Trinajstić information content (AvgIpc) is 3.16. The number of benzene rings is 2. The van der Waals surface area contributed by atoms with Gasteiger partial charge < -0.3 is 25.4 Å². The molecular weight excluding hydrogens is 541 g/mol. The normalized spacial score (nSPS) is 11.9. The van der Waals surface area contributed by atoms with Crippen molar-refractivity contribution in [2.24, 2.45) is 5.14 Å². The van der Waals surface area contributed by atoms with Crippen LogP contribution in [0.3, 0.4) is 0 Å². The van der Waals surface area contributed by atoms with Crippen molar-refractivity contribution < 1.29 is 31.4 Å². The van der Waals surface area contributed by atoms with Crippen molar-refractivity contribution in [1.29, 1.82) is 0 Å². The number of nitrogens with zero attached hydrogens (tertiary/aromatic N) is 1. The minimum absolute atomic E-state index is 0.0395. The first-order valence-electron chi connectivity index (χ1n) is 11.5. The van der Waals surface area contributed by atoms with Crippen LogP contribution >= 0.6 is 11.3 Å². The smallest absolute Gasteiger partial charge is 0.393 e. The van der Waals surface area contributed by atoms with E-state index < -0.39 is 22.6 Å². The van der Waals surface area contributed by atoms with Crippen molar-refractivity contribution in [2.45, 2.75) is 17.5 Å². The number of alkyl halides is 3. The molecule has 3 aromatic rings. The first kappa shape index (κ1) is 29.5. The van der Waals surface area contributed by atoms with E-state index in [0.717, 1.165) is 12.2 Å². The highest BCUT2D eigenvalue weighted by Gasteiger charge is 2.31. The quantitative estimate of drug-likeness (QED) is 0.261. The number of ether oxygens (including phenoxy) is 1. The molecule has 5 N–H and O–H groups in total. The van der Waals surface area contributed by atoms with Gasteiger partial charge in [0.05, 0.1) is 45.4 Å². The fraction of sp³-hybridized carbons (Fsp3) is 0.360. The summed E-state index contributed by atoms with van der Waals surface area (Å²) in [5.74, 6) is 5.86. The number of nitrogens with two attached hydrogens (primary N) is 1. The van der Waals surface area contributed by atoms with E-state index >= 15 is 0 Å². The highest BCUT2D eigenvalue weighted by Crippen LogP contribution is 2.39. The largest absolute Gasteiger partial charge is 0.489 e. The van der Waals surface area contributed by atoms with Crippen LogP contribution in [0.15, 0.2) is 41.3 Å². The lowest BCUT2D eigenvalue weighted by Gasteiger charge is -2.12. The summed E-state index contributed by atoms with van der Waals surface area (Å²) in [5.41, 5.74) is 1.27. The molecule has 2 aromatic carbocycles. The van der Waals surface area contributed by atoms with Crippen molar-refractivity contribution in [3.8, 4) is 17.6 Å². The van der Waals surface area contributed by atoms with Crippen molar-refractivity contribution in [2.75, 3.05) is 57.6 Å². The van der Waals surface area contributed by atoms with E-state index in [9.17, 15) is 21.6 Å². The Morgan fingerprint density at radius 2 is 1.92 bits per heavy atom. The molecule has 8 nitrogen and oxygen atoms in total.